The van der Waals surface area contributed by atoms with Gasteiger partial charge >= 0.3 is 0 Å². The zero-order valence-electron chi connectivity index (χ0n) is 19.1. The Balaban J connectivity index is 1.51. The lowest BCUT2D eigenvalue weighted by molar-refractivity contribution is -0.0186. The Morgan fingerprint density at radius 3 is 2.30 bits per heavy atom. The van der Waals surface area contributed by atoms with Gasteiger partial charge in [0.05, 0.1) is 33.0 Å². The Kier molecular flexibility index (Phi) is 8.97. The number of methoxy groups -OCH3 is 2. The molecular weight excluding hydrogens is 468 g/mol. The number of hydrogen-bond acceptors (Lipinski definition) is 7. The van der Waals surface area contributed by atoms with Crippen molar-refractivity contribution in [3.05, 3.63) is 53.1 Å². The highest BCUT2D eigenvalue weighted by Crippen LogP contribution is 2.31. The van der Waals surface area contributed by atoms with Crippen LogP contribution < -0.4 is 9.47 Å². The first-order valence-electron chi connectivity index (χ1n) is 10.7. The maximum Gasteiger partial charge on any atom is 0.246 e. The fraction of sp³-hybridized carbons (Fsp3) is 0.478. The Labute approximate surface area is 200 Å². The van der Waals surface area contributed by atoms with Crippen LogP contribution in [0.25, 0.3) is 0 Å². The van der Waals surface area contributed by atoms with Gasteiger partial charge in [-0.15, -0.1) is 0 Å². The number of benzene rings is 2. The van der Waals surface area contributed by atoms with Gasteiger partial charge in [-0.1, -0.05) is 23.7 Å². The van der Waals surface area contributed by atoms with Gasteiger partial charge in [0, 0.05) is 43.8 Å². The molecule has 1 aliphatic heterocycles. The molecule has 0 saturated carbocycles. The second kappa shape index (κ2) is 11.5. The van der Waals surface area contributed by atoms with Crippen molar-refractivity contribution in [1.29, 1.82) is 0 Å². The van der Waals surface area contributed by atoms with Crippen LogP contribution >= 0.6 is 11.6 Å². The number of aliphatic hydroxyl groups is 1. The van der Waals surface area contributed by atoms with Crippen LogP contribution in [0.1, 0.15) is 18.6 Å². The Morgan fingerprint density at radius 1 is 1.03 bits per heavy atom. The third-order valence-electron chi connectivity index (χ3n) is 5.67. The maximum absolute atomic E-state index is 13.2. The molecule has 3 rings (SSSR count). The smallest absolute Gasteiger partial charge is 0.246 e. The van der Waals surface area contributed by atoms with E-state index in [0.29, 0.717) is 43.5 Å². The van der Waals surface area contributed by atoms with Crippen molar-refractivity contribution in [2.24, 2.45) is 0 Å². The van der Waals surface area contributed by atoms with Crippen LogP contribution in [0.15, 0.2) is 47.4 Å². The van der Waals surface area contributed by atoms with Crippen molar-refractivity contribution >= 4 is 21.6 Å². The predicted octanol–water partition coefficient (Wildman–Crippen LogP) is 2.80. The molecule has 1 heterocycles. The lowest BCUT2D eigenvalue weighted by atomic mass is 10.1. The first-order valence-corrected chi connectivity index (χ1v) is 12.6. The number of halogens is 1. The summed E-state index contributed by atoms with van der Waals surface area (Å²) < 4.78 is 44.1. The van der Waals surface area contributed by atoms with Crippen LogP contribution in [0, 0.1) is 0 Å². The molecule has 0 aliphatic carbocycles. The van der Waals surface area contributed by atoms with E-state index in [1.165, 1.54) is 24.6 Å². The molecule has 33 heavy (non-hydrogen) atoms. The van der Waals surface area contributed by atoms with Gasteiger partial charge in [-0.3, -0.25) is 4.90 Å². The first kappa shape index (κ1) is 25.7. The largest absolute Gasteiger partial charge is 0.497 e. The molecule has 0 amide bonds. The molecule has 8 nitrogen and oxygen atoms in total. The average molecular weight is 499 g/mol. The summed E-state index contributed by atoms with van der Waals surface area (Å²) in [5.74, 6) is 0.726. The highest BCUT2D eigenvalue weighted by Gasteiger charge is 2.31. The van der Waals surface area contributed by atoms with Crippen LogP contribution in [0.4, 0.5) is 0 Å². The molecule has 0 unspecified atom stereocenters. The lowest BCUT2D eigenvalue weighted by Crippen LogP contribution is -2.50. The summed E-state index contributed by atoms with van der Waals surface area (Å²) in [4.78, 5) is 2.12. The quantitative estimate of drug-likeness (QED) is 0.538. The predicted molar refractivity (Wildman–Crippen MR) is 127 cm³/mol. The maximum atomic E-state index is 13.2. The summed E-state index contributed by atoms with van der Waals surface area (Å²) in [7, 11) is -0.811. The highest BCUT2D eigenvalue weighted by atomic mass is 35.5. The fourth-order valence-electron chi connectivity index (χ4n) is 3.71. The number of β-amino-alcohol motifs (C(OH)–C–C–N with tert-alkyl or cyclic N) is 1. The molecule has 0 radical (unpaired) electrons. The number of nitrogens with zero attached hydrogens (tertiary/aromatic N) is 2. The summed E-state index contributed by atoms with van der Waals surface area (Å²) in [6.07, 6.45) is -0.849. The highest BCUT2D eigenvalue weighted by molar-refractivity contribution is 7.89. The van der Waals surface area contributed by atoms with Gasteiger partial charge in [0.2, 0.25) is 10.0 Å². The molecule has 1 aliphatic rings. The van der Waals surface area contributed by atoms with E-state index >= 15 is 0 Å². The average Bonchev–Trinajstić information content (AvgIpc) is 2.82. The van der Waals surface area contributed by atoms with Crippen LogP contribution in [0.3, 0.4) is 0 Å². The molecule has 2 atom stereocenters. The molecule has 1 N–H and O–H groups in total. The third kappa shape index (κ3) is 6.59. The van der Waals surface area contributed by atoms with Crippen molar-refractivity contribution in [2.75, 3.05) is 53.6 Å². The van der Waals surface area contributed by atoms with Gasteiger partial charge < -0.3 is 19.3 Å². The van der Waals surface area contributed by atoms with Crippen LogP contribution in [-0.2, 0) is 14.8 Å². The second-order valence-electron chi connectivity index (χ2n) is 7.90. The number of sulfonamides is 1. The van der Waals surface area contributed by atoms with E-state index in [-0.39, 0.29) is 23.4 Å². The van der Waals surface area contributed by atoms with Gasteiger partial charge in [-0.25, -0.2) is 8.42 Å². The minimum Gasteiger partial charge on any atom is -0.497 e. The van der Waals surface area contributed by atoms with E-state index < -0.39 is 16.1 Å². The molecule has 0 bridgehead atoms. The van der Waals surface area contributed by atoms with Crippen LogP contribution in [0.5, 0.6) is 11.5 Å². The molecular formula is C23H31ClN2O6S. The SMILES string of the molecule is COc1ccc(OC)c(S(=O)(=O)N2CCN(C[C@@H](O)CO[C@H](C)c3ccc(Cl)cc3)CC2)c1. The Hall–Kier alpha value is -1.88. The fourth-order valence-corrected chi connectivity index (χ4v) is 5.43. The topological polar surface area (TPSA) is 88.5 Å². The number of ether oxygens (including phenoxy) is 3. The van der Waals surface area contributed by atoms with Crippen molar-refractivity contribution < 1.29 is 27.7 Å². The van der Waals surface area contributed by atoms with E-state index in [2.05, 4.69) is 0 Å². The molecule has 2 aromatic carbocycles. The molecule has 182 valence electrons. The second-order valence-corrected chi connectivity index (χ2v) is 10.2. The van der Waals surface area contributed by atoms with Gasteiger partial charge in [-0.05, 0) is 36.8 Å². The monoisotopic (exact) mass is 498 g/mol. The van der Waals surface area contributed by atoms with Gasteiger partial charge in [0.15, 0.2) is 0 Å². The van der Waals surface area contributed by atoms with Crippen LogP contribution in [-0.4, -0.2) is 82.4 Å². The van der Waals surface area contributed by atoms with Crippen LogP contribution in [0.2, 0.25) is 5.02 Å². The zero-order chi connectivity index (χ0) is 24.0. The summed E-state index contributed by atoms with van der Waals surface area (Å²) in [5, 5.41) is 11.1. The van der Waals surface area contributed by atoms with Crippen molar-refractivity contribution in [3.8, 4) is 11.5 Å². The summed E-state index contributed by atoms with van der Waals surface area (Å²) >= 11 is 5.91. The molecule has 0 spiro atoms. The van der Waals surface area contributed by atoms with Crippen molar-refractivity contribution in [2.45, 2.75) is 24.0 Å². The van der Waals surface area contributed by atoms with Gasteiger partial charge in [0.25, 0.3) is 0 Å². The van der Waals surface area contributed by atoms with E-state index in [0.717, 1.165) is 5.56 Å². The van der Waals surface area contributed by atoms with E-state index in [9.17, 15) is 13.5 Å². The Bertz CT molecular complexity index is 1010. The molecule has 1 saturated heterocycles. The summed E-state index contributed by atoms with van der Waals surface area (Å²) in [6, 6.07) is 12.1. The molecule has 10 heteroatoms. The van der Waals surface area contributed by atoms with Crippen molar-refractivity contribution in [3.63, 3.8) is 0 Å². The van der Waals surface area contributed by atoms with E-state index in [1.54, 1.807) is 12.1 Å². The Morgan fingerprint density at radius 2 is 1.70 bits per heavy atom. The molecule has 1 fully saturated rings. The van der Waals surface area contributed by atoms with E-state index in [1.807, 2.05) is 36.1 Å². The normalized spacial score (nSPS) is 17.5. The van der Waals surface area contributed by atoms with Gasteiger partial charge in [0.1, 0.15) is 16.4 Å². The zero-order valence-corrected chi connectivity index (χ0v) is 20.7. The number of piperazine rings is 1. The molecule has 2 aromatic rings. The van der Waals surface area contributed by atoms with Gasteiger partial charge in [-0.2, -0.15) is 4.31 Å². The first-order chi connectivity index (χ1) is 15.7. The number of rotatable bonds is 10. The number of aliphatic hydroxyl groups excluding tert-OH is 1. The summed E-state index contributed by atoms with van der Waals surface area (Å²) in [6.45, 7) is 4.17. The van der Waals surface area contributed by atoms with E-state index in [4.69, 9.17) is 25.8 Å². The molecule has 0 aromatic heterocycles. The minimum absolute atomic E-state index is 0.0856. The lowest BCUT2D eigenvalue weighted by Gasteiger charge is -2.35. The minimum atomic E-state index is -3.74. The standard InChI is InChI=1S/C23H31ClN2O6S/c1-17(18-4-6-19(24)7-5-18)32-16-20(27)15-25-10-12-26(13-11-25)33(28,29)23-14-21(30-2)8-9-22(23)31-3/h4-9,14,17,20,27H,10-13,15-16H2,1-3H3/t17-,20-/m1/s1. The number of hydrogen-bond donors (Lipinski definition) is 1. The summed E-state index contributed by atoms with van der Waals surface area (Å²) in [5.41, 5.74) is 0.985. The van der Waals surface area contributed by atoms with Crippen molar-refractivity contribution in [1.82, 2.24) is 9.21 Å². The third-order valence-corrected chi connectivity index (χ3v) is 7.84.